The smallest absolute Gasteiger partial charge is 0.243 e. The third-order valence-corrected chi connectivity index (χ3v) is 5.04. The molecule has 1 unspecified atom stereocenters. The topological polar surface area (TPSA) is 60.0 Å². The van der Waals surface area contributed by atoms with Gasteiger partial charge in [-0.25, -0.2) is 9.38 Å². The summed E-state index contributed by atoms with van der Waals surface area (Å²) in [5, 5.41) is 6.71. The average Bonchev–Trinajstić information content (AvgIpc) is 2.66. The first-order valence-corrected chi connectivity index (χ1v) is 10.6. The summed E-state index contributed by atoms with van der Waals surface area (Å²) in [4.78, 5) is 19.9. The zero-order valence-corrected chi connectivity index (χ0v) is 19.9. The third kappa shape index (κ3) is 8.02. The highest BCUT2D eigenvalue weighted by molar-refractivity contribution is 14.0. The first-order valence-electron chi connectivity index (χ1n) is 9.24. The second kappa shape index (κ2) is 13.1. The van der Waals surface area contributed by atoms with E-state index in [1.807, 2.05) is 12.1 Å². The van der Waals surface area contributed by atoms with Crippen LogP contribution in [0.3, 0.4) is 0 Å². The van der Waals surface area contributed by atoms with Crippen LogP contribution in [0.1, 0.15) is 12.8 Å². The molecule has 1 amide bonds. The Balaban J connectivity index is 0.00000392. The van der Waals surface area contributed by atoms with Gasteiger partial charge in [-0.2, -0.15) is 11.8 Å². The van der Waals surface area contributed by atoms with Gasteiger partial charge in [-0.1, -0.05) is 12.1 Å². The van der Waals surface area contributed by atoms with Crippen molar-refractivity contribution < 1.29 is 9.18 Å². The fourth-order valence-electron chi connectivity index (χ4n) is 2.93. The Kier molecular flexibility index (Phi) is 11.6. The number of carbonyl (C=O) groups is 1. The molecule has 0 aliphatic carbocycles. The molecular formula is C19H31FIN5OS. The number of piperidine rings is 1. The van der Waals surface area contributed by atoms with Crippen LogP contribution in [0.15, 0.2) is 29.3 Å². The Hall–Kier alpha value is -1.23. The summed E-state index contributed by atoms with van der Waals surface area (Å²) in [6.07, 6.45) is 4.01. The summed E-state index contributed by atoms with van der Waals surface area (Å²) in [5.74, 6) is 1.35. The minimum Gasteiger partial charge on any atom is -0.367 e. The standard InChI is InChI=1S/C19H30FN5OS.HI/c1-24(2)18(26)13-22-19(21-10-12-27-3)23-15-7-6-11-25(14-15)17-9-5-4-8-16(17)20;/h4-5,8-9,15H,6-7,10-14H2,1-3H3,(H2,21,22,23);1H. The fraction of sp³-hybridized carbons (Fsp3) is 0.579. The number of hydrogen-bond donors (Lipinski definition) is 2. The number of aliphatic imine (C=N–C) groups is 1. The van der Waals surface area contributed by atoms with Crippen molar-refractivity contribution in [3.05, 3.63) is 30.1 Å². The quantitative estimate of drug-likeness (QED) is 0.249. The number of thioether (sulfide) groups is 1. The number of guanidine groups is 1. The van der Waals surface area contributed by atoms with Gasteiger partial charge in [0.15, 0.2) is 5.96 Å². The van der Waals surface area contributed by atoms with Crippen LogP contribution in [0.5, 0.6) is 0 Å². The highest BCUT2D eigenvalue weighted by Gasteiger charge is 2.22. The van der Waals surface area contributed by atoms with E-state index in [1.54, 1.807) is 31.9 Å². The van der Waals surface area contributed by atoms with E-state index in [4.69, 9.17) is 0 Å². The lowest BCUT2D eigenvalue weighted by molar-refractivity contribution is -0.127. The van der Waals surface area contributed by atoms with Crippen LogP contribution in [-0.4, -0.2) is 75.1 Å². The number of carbonyl (C=O) groups excluding carboxylic acids is 1. The fourth-order valence-corrected chi connectivity index (χ4v) is 3.23. The lowest BCUT2D eigenvalue weighted by Gasteiger charge is -2.35. The number of rotatable bonds is 7. The first-order chi connectivity index (χ1) is 13.0. The average molecular weight is 523 g/mol. The Morgan fingerprint density at radius 2 is 2.14 bits per heavy atom. The van der Waals surface area contributed by atoms with Crippen molar-refractivity contribution in [3.63, 3.8) is 0 Å². The molecule has 158 valence electrons. The van der Waals surface area contributed by atoms with Gasteiger partial charge in [0.2, 0.25) is 5.91 Å². The summed E-state index contributed by atoms with van der Waals surface area (Å²) in [7, 11) is 3.44. The summed E-state index contributed by atoms with van der Waals surface area (Å²) >= 11 is 1.75. The van der Waals surface area contributed by atoms with Crippen molar-refractivity contribution in [2.24, 2.45) is 4.99 Å². The van der Waals surface area contributed by atoms with E-state index in [0.717, 1.165) is 31.7 Å². The molecule has 2 N–H and O–H groups in total. The van der Waals surface area contributed by atoms with E-state index in [-0.39, 0.29) is 48.3 Å². The van der Waals surface area contributed by atoms with Gasteiger partial charge in [0.05, 0.1) is 5.69 Å². The van der Waals surface area contributed by atoms with E-state index in [9.17, 15) is 9.18 Å². The maximum Gasteiger partial charge on any atom is 0.243 e. The van der Waals surface area contributed by atoms with Crippen LogP contribution in [0.25, 0.3) is 0 Å². The molecule has 9 heteroatoms. The number of nitrogens with zero attached hydrogens (tertiary/aromatic N) is 3. The monoisotopic (exact) mass is 523 g/mol. The van der Waals surface area contributed by atoms with Crippen molar-refractivity contribution in [1.29, 1.82) is 0 Å². The molecule has 0 radical (unpaired) electrons. The van der Waals surface area contributed by atoms with E-state index in [1.165, 1.54) is 11.0 Å². The normalized spacial score (nSPS) is 16.9. The number of nitrogens with one attached hydrogen (secondary N) is 2. The summed E-state index contributed by atoms with van der Waals surface area (Å²) < 4.78 is 14.1. The molecule has 28 heavy (non-hydrogen) atoms. The molecule has 1 saturated heterocycles. The molecule has 1 heterocycles. The lowest BCUT2D eigenvalue weighted by Crippen LogP contribution is -2.52. The van der Waals surface area contributed by atoms with Gasteiger partial charge in [-0.15, -0.1) is 24.0 Å². The predicted molar refractivity (Wildman–Crippen MR) is 128 cm³/mol. The molecule has 2 rings (SSSR count). The maximum absolute atomic E-state index is 14.1. The van der Waals surface area contributed by atoms with Crippen LogP contribution >= 0.6 is 35.7 Å². The van der Waals surface area contributed by atoms with Crippen molar-refractivity contribution in [2.45, 2.75) is 18.9 Å². The third-order valence-electron chi connectivity index (χ3n) is 4.43. The summed E-state index contributed by atoms with van der Waals surface area (Å²) in [5.41, 5.74) is 0.639. The van der Waals surface area contributed by atoms with Gasteiger partial charge in [0, 0.05) is 45.5 Å². The Morgan fingerprint density at radius 1 is 1.39 bits per heavy atom. The Labute approximate surface area is 188 Å². The van der Waals surface area contributed by atoms with Gasteiger partial charge >= 0.3 is 0 Å². The summed E-state index contributed by atoms with van der Waals surface area (Å²) in [6, 6.07) is 7.03. The molecule has 6 nitrogen and oxygen atoms in total. The van der Waals surface area contributed by atoms with Crippen LogP contribution < -0.4 is 15.5 Å². The molecule has 1 aromatic carbocycles. The second-order valence-corrected chi connectivity index (χ2v) is 7.74. The molecule has 1 aliphatic rings. The molecule has 0 aromatic heterocycles. The van der Waals surface area contributed by atoms with Crippen molar-refractivity contribution in [1.82, 2.24) is 15.5 Å². The minimum absolute atomic E-state index is 0. The largest absolute Gasteiger partial charge is 0.367 e. The number of amides is 1. The van der Waals surface area contributed by atoms with Crippen LogP contribution in [0.2, 0.25) is 0 Å². The maximum atomic E-state index is 14.1. The van der Waals surface area contributed by atoms with E-state index >= 15 is 0 Å². The second-order valence-electron chi connectivity index (χ2n) is 6.75. The predicted octanol–water partition coefficient (Wildman–Crippen LogP) is 2.40. The molecule has 0 spiro atoms. The molecule has 1 atom stereocenters. The van der Waals surface area contributed by atoms with Crippen LogP contribution in [0.4, 0.5) is 10.1 Å². The zero-order valence-electron chi connectivity index (χ0n) is 16.8. The van der Waals surface area contributed by atoms with Crippen molar-refractivity contribution >= 4 is 53.3 Å². The molecule has 0 bridgehead atoms. The number of anilines is 1. The molecular weight excluding hydrogens is 492 g/mol. The highest BCUT2D eigenvalue weighted by atomic mass is 127. The number of para-hydroxylation sites is 1. The summed E-state index contributed by atoms with van der Waals surface area (Å²) in [6.45, 7) is 2.41. The highest BCUT2D eigenvalue weighted by Crippen LogP contribution is 2.22. The Bertz CT molecular complexity index is 647. The molecule has 1 fully saturated rings. The van der Waals surface area contributed by atoms with Crippen molar-refractivity contribution in [3.8, 4) is 0 Å². The zero-order chi connectivity index (χ0) is 19.6. The SMILES string of the molecule is CSCCNC(=NCC(=O)N(C)C)NC1CCCN(c2ccccc2F)C1.I. The van der Waals surface area contributed by atoms with Crippen LogP contribution in [0, 0.1) is 5.82 Å². The number of likely N-dealkylation sites (N-methyl/N-ethyl adjacent to an activating group) is 1. The number of hydrogen-bond acceptors (Lipinski definition) is 4. The number of benzene rings is 1. The Morgan fingerprint density at radius 3 is 2.82 bits per heavy atom. The molecule has 1 aliphatic heterocycles. The van der Waals surface area contributed by atoms with Gasteiger partial charge in [-0.05, 0) is 31.2 Å². The van der Waals surface area contributed by atoms with E-state index in [2.05, 4.69) is 26.8 Å². The minimum atomic E-state index is -0.193. The van der Waals surface area contributed by atoms with Gasteiger partial charge in [0.25, 0.3) is 0 Å². The number of halogens is 2. The van der Waals surface area contributed by atoms with E-state index in [0.29, 0.717) is 18.2 Å². The lowest BCUT2D eigenvalue weighted by atomic mass is 10.0. The first kappa shape index (κ1) is 24.8. The van der Waals surface area contributed by atoms with Gasteiger partial charge in [-0.3, -0.25) is 4.79 Å². The van der Waals surface area contributed by atoms with E-state index < -0.39 is 0 Å². The van der Waals surface area contributed by atoms with Gasteiger partial charge < -0.3 is 20.4 Å². The van der Waals surface area contributed by atoms with Gasteiger partial charge in [0.1, 0.15) is 12.4 Å². The molecule has 1 aromatic rings. The van der Waals surface area contributed by atoms with Crippen LogP contribution in [-0.2, 0) is 4.79 Å². The van der Waals surface area contributed by atoms with Crippen molar-refractivity contribution in [2.75, 3.05) is 57.2 Å². The molecule has 0 saturated carbocycles.